The van der Waals surface area contributed by atoms with Crippen LogP contribution in [0.2, 0.25) is 0 Å². The minimum Gasteiger partial charge on any atom is -0.462 e. The van der Waals surface area contributed by atoms with Gasteiger partial charge >= 0.3 is 19.8 Å². The molecule has 6 N–H and O–H groups in total. The minimum absolute atomic E-state index is 0.00339. The lowest BCUT2D eigenvalue weighted by atomic mass is 9.85. The van der Waals surface area contributed by atoms with Gasteiger partial charge in [0.25, 0.3) is 0 Å². The van der Waals surface area contributed by atoms with Gasteiger partial charge in [-0.1, -0.05) is 112 Å². The SMILES string of the molecule is CCCCC/C=C\C/C=C\C/C=C\CCCCC(=O)OC[C@H](COP(=O)(O)OC1[C@H](O)[C@H](O)C(O)[C@H](O)[C@H]1O)OC(=O)CCC/C=C\C/C=C\CC1OC1C/C=C\CCCCC. The van der Waals surface area contributed by atoms with Crippen LogP contribution in [0.5, 0.6) is 0 Å². The van der Waals surface area contributed by atoms with Crippen molar-refractivity contribution in [2.24, 2.45) is 0 Å². The monoisotopic (exact) mass is 897 g/mol. The van der Waals surface area contributed by atoms with Crippen molar-refractivity contribution >= 4 is 19.8 Å². The Labute approximate surface area is 370 Å². The van der Waals surface area contributed by atoms with Crippen LogP contribution in [0.1, 0.15) is 142 Å². The van der Waals surface area contributed by atoms with E-state index in [9.17, 15) is 44.6 Å². The number of aliphatic hydroxyl groups is 5. The molecule has 0 aromatic heterocycles. The summed E-state index contributed by atoms with van der Waals surface area (Å²) in [4.78, 5) is 35.7. The molecule has 1 saturated heterocycles. The number of aliphatic hydroxyl groups excluding tert-OH is 5. The molecule has 1 saturated carbocycles. The number of rotatable bonds is 35. The number of unbranched alkanes of at least 4 members (excludes halogenated alkanes) is 9. The van der Waals surface area contributed by atoms with E-state index < -0.39 is 75.7 Å². The third-order valence-electron chi connectivity index (χ3n) is 10.4. The van der Waals surface area contributed by atoms with Crippen molar-refractivity contribution in [1.29, 1.82) is 0 Å². The molecule has 62 heavy (non-hydrogen) atoms. The zero-order chi connectivity index (χ0) is 45.4. The highest BCUT2D eigenvalue weighted by atomic mass is 31.2. The molecule has 2 aliphatic rings. The lowest BCUT2D eigenvalue weighted by Crippen LogP contribution is -2.64. The molecule has 1 heterocycles. The first-order chi connectivity index (χ1) is 29.9. The first-order valence-electron chi connectivity index (χ1n) is 22.9. The molecule has 0 radical (unpaired) electrons. The molecule has 10 atom stereocenters. The molecule has 0 amide bonds. The molecule has 5 unspecified atom stereocenters. The Bertz CT molecular complexity index is 1430. The molecule has 354 valence electrons. The third-order valence-corrected chi connectivity index (χ3v) is 11.4. The number of phosphoric ester groups is 1. The van der Waals surface area contributed by atoms with Gasteiger partial charge in [-0.15, -0.1) is 0 Å². The molecule has 15 heteroatoms. The second-order valence-corrected chi connectivity index (χ2v) is 17.3. The van der Waals surface area contributed by atoms with E-state index >= 15 is 0 Å². The number of ether oxygens (including phenoxy) is 3. The van der Waals surface area contributed by atoms with Crippen molar-refractivity contribution in [2.45, 2.75) is 197 Å². The highest BCUT2D eigenvalue weighted by molar-refractivity contribution is 7.47. The highest BCUT2D eigenvalue weighted by Gasteiger charge is 2.51. The van der Waals surface area contributed by atoms with Gasteiger partial charge in [0.1, 0.15) is 43.2 Å². The molecule has 1 aliphatic heterocycles. The summed E-state index contributed by atoms with van der Waals surface area (Å²) in [5, 5.41) is 50.1. The molecule has 0 spiro atoms. The molecule has 1 aliphatic carbocycles. The average Bonchev–Trinajstić information content (AvgIpc) is 4.01. The number of carbonyl (C=O) groups is 2. The Balaban J connectivity index is 1.76. The summed E-state index contributed by atoms with van der Waals surface area (Å²) in [6, 6.07) is 0. The van der Waals surface area contributed by atoms with E-state index in [0.717, 1.165) is 57.8 Å². The van der Waals surface area contributed by atoms with Gasteiger partial charge in [-0.25, -0.2) is 4.57 Å². The van der Waals surface area contributed by atoms with Gasteiger partial charge in [-0.05, 0) is 89.9 Å². The van der Waals surface area contributed by atoms with Crippen LogP contribution in [0.3, 0.4) is 0 Å². The van der Waals surface area contributed by atoms with Crippen LogP contribution in [0.25, 0.3) is 0 Å². The molecule has 2 fully saturated rings. The fourth-order valence-corrected chi connectivity index (χ4v) is 7.53. The van der Waals surface area contributed by atoms with Crippen molar-refractivity contribution < 1.29 is 67.8 Å². The number of phosphoric acid groups is 1. The molecule has 0 bridgehead atoms. The fourth-order valence-electron chi connectivity index (χ4n) is 6.56. The standard InChI is InChI=1S/C47H77O14P/c1-3-5-7-9-11-12-13-14-15-16-17-18-21-25-29-33-40(48)57-35-37(36-58-62(55,56)61-47-45(53)43(51)42(50)44(52)46(47)54)59-41(49)34-30-26-22-19-20-24-28-32-39-38(60-39)31-27-23-10-8-6-4-2/h11-12,14-15,17-19,22-24,27-28,37-39,42-47,50-54H,3-10,13,16,20-21,25-26,29-36H2,1-2H3,(H,55,56)/b12-11-,15-14-,18-17-,22-19-,27-23-,28-24-/t37-,38?,39?,42?,43-,44+,45-,46-,47?/m1/s1. The highest BCUT2D eigenvalue weighted by Crippen LogP contribution is 2.47. The summed E-state index contributed by atoms with van der Waals surface area (Å²) in [6.07, 6.45) is 29.9. The Kier molecular flexibility index (Phi) is 30.1. The number of allylic oxidation sites excluding steroid dienone is 10. The summed E-state index contributed by atoms with van der Waals surface area (Å²) in [7, 11) is -5.15. The van der Waals surface area contributed by atoms with E-state index in [2.05, 4.69) is 74.6 Å². The number of hydrogen-bond acceptors (Lipinski definition) is 13. The summed E-state index contributed by atoms with van der Waals surface area (Å²) in [5.41, 5.74) is 0. The molecular weight excluding hydrogens is 819 g/mol. The maximum atomic E-state index is 12.8. The largest absolute Gasteiger partial charge is 0.472 e. The fraction of sp³-hybridized carbons (Fsp3) is 0.702. The summed E-state index contributed by atoms with van der Waals surface area (Å²) < 4.78 is 39.2. The molecule has 14 nitrogen and oxygen atoms in total. The molecular formula is C47H77O14P. The van der Waals surface area contributed by atoms with Gasteiger partial charge in [0.2, 0.25) is 0 Å². The predicted molar refractivity (Wildman–Crippen MR) is 239 cm³/mol. The zero-order valence-corrected chi connectivity index (χ0v) is 38.0. The van der Waals surface area contributed by atoms with E-state index in [-0.39, 0.29) is 18.9 Å². The number of epoxide rings is 1. The second kappa shape index (κ2) is 33.7. The Morgan fingerprint density at radius 2 is 1.00 bits per heavy atom. The van der Waals surface area contributed by atoms with Crippen molar-refractivity contribution in [1.82, 2.24) is 0 Å². The van der Waals surface area contributed by atoms with Crippen LogP contribution in [-0.4, -0.2) is 111 Å². The second-order valence-electron chi connectivity index (χ2n) is 15.9. The summed E-state index contributed by atoms with van der Waals surface area (Å²) >= 11 is 0. The van der Waals surface area contributed by atoms with Gasteiger partial charge < -0.3 is 44.6 Å². The Morgan fingerprint density at radius 3 is 1.55 bits per heavy atom. The van der Waals surface area contributed by atoms with E-state index in [1.54, 1.807) is 0 Å². The van der Waals surface area contributed by atoms with Crippen LogP contribution in [0.15, 0.2) is 72.9 Å². The summed E-state index contributed by atoms with van der Waals surface area (Å²) in [6.45, 7) is 3.13. The van der Waals surface area contributed by atoms with Crippen molar-refractivity contribution in [3.05, 3.63) is 72.9 Å². The van der Waals surface area contributed by atoms with Crippen molar-refractivity contribution in [3.63, 3.8) is 0 Å². The van der Waals surface area contributed by atoms with E-state index in [0.29, 0.717) is 25.4 Å². The first kappa shape index (κ1) is 55.4. The van der Waals surface area contributed by atoms with Crippen LogP contribution < -0.4 is 0 Å². The van der Waals surface area contributed by atoms with Gasteiger partial charge in [-0.3, -0.25) is 18.6 Å². The average molecular weight is 897 g/mol. The van der Waals surface area contributed by atoms with Gasteiger partial charge in [-0.2, -0.15) is 0 Å². The normalized spacial score (nSPS) is 25.8. The Hall–Kier alpha value is -2.75. The quantitative estimate of drug-likeness (QED) is 0.0118. The van der Waals surface area contributed by atoms with Crippen LogP contribution in [0, 0.1) is 0 Å². The van der Waals surface area contributed by atoms with Gasteiger partial charge in [0.05, 0.1) is 18.8 Å². The molecule has 2 rings (SSSR count). The van der Waals surface area contributed by atoms with Crippen LogP contribution in [0.4, 0.5) is 0 Å². The van der Waals surface area contributed by atoms with Crippen molar-refractivity contribution in [2.75, 3.05) is 13.2 Å². The van der Waals surface area contributed by atoms with E-state index in [4.69, 9.17) is 23.3 Å². The third kappa shape index (κ3) is 25.5. The zero-order valence-electron chi connectivity index (χ0n) is 37.1. The lowest BCUT2D eigenvalue weighted by molar-refractivity contribution is -0.220. The minimum atomic E-state index is -5.15. The van der Waals surface area contributed by atoms with Crippen LogP contribution in [-0.2, 0) is 37.4 Å². The maximum Gasteiger partial charge on any atom is 0.472 e. The Morgan fingerprint density at radius 1 is 0.565 bits per heavy atom. The smallest absolute Gasteiger partial charge is 0.462 e. The predicted octanol–water partition coefficient (Wildman–Crippen LogP) is 7.71. The first-order valence-corrected chi connectivity index (χ1v) is 24.4. The topological polar surface area (TPSA) is 222 Å². The molecule has 0 aromatic rings. The number of carbonyl (C=O) groups excluding carboxylic acids is 2. The van der Waals surface area contributed by atoms with Crippen molar-refractivity contribution in [3.8, 4) is 0 Å². The van der Waals surface area contributed by atoms with Gasteiger partial charge in [0, 0.05) is 12.8 Å². The summed E-state index contributed by atoms with van der Waals surface area (Å²) in [5.74, 6) is -1.22. The van der Waals surface area contributed by atoms with E-state index in [1.807, 2.05) is 12.2 Å². The maximum absolute atomic E-state index is 12.8. The lowest BCUT2D eigenvalue weighted by Gasteiger charge is -2.41. The van der Waals surface area contributed by atoms with E-state index in [1.165, 1.54) is 38.5 Å². The van der Waals surface area contributed by atoms with Gasteiger partial charge in [0.15, 0.2) is 6.10 Å². The number of hydrogen-bond donors (Lipinski definition) is 6. The number of esters is 2. The molecule has 0 aromatic carbocycles. The van der Waals surface area contributed by atoms with Crippen LogP contribution >= 0.6 is 7.82 Å².